The first-order chi connectivity index (χ1) is 13.0. The zero-order valence-corrected chi connectivity index (χ0v) is 14.9. The van der Waals surface area contributed by atoms with E-state index in [1.54, 1.807) is 11.1 Å². The molecular formula is C18H18F3N3O4. The molecule has 0 bridgehead atoms. The van der Waals surface area contributed by atoms with Gasteiger partial charge in [-0.05, 0) is 42.0 Å². The predicted molar refractivity (Wildman–Crippen MR) is 92.9 cm³/mol. The molecule has 2 heterocycles. The Balaban J connectivity index is 0.000000345. The lowest BCUT2D eigenvalue weighted by Gasteiger charge is -2.18. The number of likely N-dealkylation sites (tertiary alicyclic amines) is 1. The molecule has 1 aliphatic rings. The summed E-state index contributed by atoms with van der Waals surface area (Å²) < 4.78 is 31.7. The molecule has 3 N–H and O–H groups in total. The highest BCUT2D eigenvalue weighted by Crippen LogP contribution is 2.24. The molecule has 3 rings (SSSR count). The van der Waals surface area contributed by atoms with Gasteiger partial charge in [0.05, 0.1) is 0 Å². The number of benzene rings is 1. The molecule has 1 aromatic carbocycles. The first-order valence-electron chi connectivity index (χ1n) is 8.22. The number of carboxylic acid groups (broad SMARTS) is 1. The molecule has 1 aromatic heterocycles. The minimum Gasteiger partial charge on any atom is -0.475 e. The van der Waals surface area contributed by atoms with Gasteiger partial charge in [-0.3, -0.25) is 14.6 Å². The molecule has 150 valence electrons. The first-order valence-corrected chi connectivity index (χ1v) is 8.22. The van der Waals surface area contributed by atoms with Crippen molar-refractivity contribution >= 4 is 28.6 Å². The highest BCUT2D eigenvalue weighted by molar-refractivity contribution is 6.00. The van der Waals surface area contributed by atoms with Crippen molar-refractivity contribution in [1.82, 2.24) is 9.88 Å². The second-order valence-corrected chi connectivity index (χ2v) is 6.31. The number of aromatic nitrogens is 1. The van der Waals surface area contributed by atoms with Crippen LogP contribution < -0.4 is 5.73 Å². The summed E-state index contributed by atoms with van der Waals surface area (Å²) in [6.07, 6.45) is -0.985. The average Bonchev–Trinajstić information content (AvgIpc) is 2.96. The number of alkyl halides is 3. The highest BCUT2D eigenvalue weighted by Gasteiger charge is 2.38. The molecule has 7 nitrogen and oxygen atoms in total. The summed E-state index contributed by atoms with van der Waals surface area (Å²) in [5, 5.41) is 9.31. The number of pyridine rings is 1. The Hall–Kier alpha value is -3.17. The normalized spacial score (nSPS) is 16.6. The van der Waals surface area contributed by atoms with Crippen LogP contribution in [0.15, 0.2) is 30.6 Å². The summed E-state index contributed by atoms with van der Waals surface area (Å²) in [5.41, 5.74) is 7.46. The van der Waals surface area contributed by atoms with E-state index in [4.69, 9.17) is 15.6 Å². The van der Waals surface area contributed by atoms with Gasteiger partial charge >= 0.3 is 12.1 Å². The van der Waals surface area contributed by atoms with Crippen molar-refractivity contribution < 1.29 is 32.7 Å². The van der Waals surface area contributed by atoms with E-state index < -0.39 is 24.0 Å². The van der Waals surface area contributed by atoms with Crippen LogP contribution in [0.25, 0.3) is 10.8 Å². The van der Waals surface area contributed by atoms with Gasteiger partial charge < -0.3 is 15.7 Å². The second kappa shape index (κ2) is 8.24. The Labute approximate surface area is 157 Å². The highest BCUT2D eigenvalue weighted by atomic mass is 19.4. The van der Waals surface area contributed by atoms with Crippen LogP contribution in [0.2, 0.25) is 0 Å². The van der Waals surface area contributed by atoms with Crippen molar-refractivity contribution in [3.05, 3.63) is 41.7 Å². The number of carbonyl (C=O) groups is 3. The molecule has 1 aliphatic heterocycles. The Morgan fingerprint density at radius 1 is 1.32 bits per heavy atom. The molecule has 1 saturated heterocycles. The van der Waals surface area contributed by atoms with E-state index >= 15 is 0 Å². The number of amides is 2. The Morgan fingerprint density at radius 2 is 1.96 bits per heavy atom. The number of aryl methyl sites for hydroxylation is 1. The van der Waals surface area contributed by atoms with Gasteiger partial charge in [0.2, 0.25) is 11.8 Å². The van der Waals surface area contributed by atoms with Crippen LogP contribution in [0.3, 0.4) is 0 Å². The number of nitrogens with two attached hydrogens (primary N) is 1. The van der Waals surface area contributed by atoms with Gasteiger partial charge in [0.15, 0.2) is 0 Å². The van der Waals surface area contributed by atoms with E-state index in [1.165, 1.54) is 0 Å². The Bertz CT molecular complexity index is 915. The summed E-state index contributed by atoms with van der Waals surface area (Å²) in [7, 11) is 0. The zero-order chi connectivity index (χ0) is 21.1. The maximum atomic E-state index is 12.1. The molecule has 0 radical (unpaired) electrons. The van der Waals surface area contributed by atoms with Gasteiger partial charge in [0, 0.05) is 30.9 Å². The maximum absolute atomic E-state index is 12.1. The largest absolute Gasteiger partial charge is 0.490 e. The molecule has 28 heavy (non-hydrogen) atoms. The van der Waals surface area contributed by atoms with E-state index in [-0.39, 0.29) is 5.91 Å². The number of hydrogen-bond donors (Lipinski definition) is 2. The van der Waals surface area contributed by atoms with Gasteiger partial charge in [-0.25, -0.2) is 4.79 Å². The number of aliphatic carboxylic acids is 1. The molecule has 2 aromatic rings. The molecule has 0 unspecified atom stereocenters. The van der Waals surface area contributed by atoms with Crippen molar-refractivity contribution in [2.75, 3.05) is 6.54 Å². The maximum Gasteiger partial charge on any atom is 0.490 e. The molecule has 2 amide bonds. The summed E-state index contributed by atoms with van der Waals surface area (Å²) in [6.45, 7) is 3.12. The average molecular weight is 397 g/mol. The fourth-order valence-corrected chi connectivity index (χ4v) is 2.83. The van der Waals surface area contributed by atoms with Gasteiger partial charge in [-0.15, -0.1) is 0 Å². The first kappa shape index (κ1) is 21.1. The summed E-state index contributed by atoms with van der Waals surface area (Å²) in [5.74, 6) is -4.10. The predicted octanol–water partition coefficient (Wildman–Crippen LogP) is 2.01. The van der Waals surface area contributed by atoms with E-state index in [0.717, 1.165) is 21.9 Å². The Kier molecular flexibility index (Phi) is 6.22. The molecule has 0 aliphatic carbocycles. The van der Waals surface area contributed by atoms with Crippen LogP contribution in [0.5, 0.6) is 0 Å². The minimum absolute atomic E-state index is 0.159. The van der Waals surface area contributed by atoms with Gasteiger partial charge in [0.1, 0.15) is 5.92 Å². The minimum atomic E-state index is -5.08. The lowest BCUT2D eigenvalue weighted by Crippen LogP contribution is -2.33. The van der Waals surface area contributed by atoms with Crippen LogP contribution in [-0.2, 0) is 20.9 Å². The standard InChI is InChI=1S/C16H17N3O2.C2HF3O2/c1-10-6-11-2-4-18-8-12(11)7-13(10)9-19-5-3-14(15(17)20)16(19)21;3-2(4,5)1(6)7/h2,4,6-8,14H,3,5,9H2,1H3,(H2,17,20);(H,6,7)/t14-;/m0./s1. The van der Waals surface area contributed by atoms with Crippen LogP contribution in [0.4, 0.5) is 13.2 Å². The lowest BCUT2D eigenvalue weighted by atomic mass is 10.0. The third-order valence-electron chi connectivity index (χ3n) is 4.34. The quantitative estimate of drug-likeness (QED) is 0.769. The molecule has 1 fully saturated rings. The zero-order valence-electron chi connectivity index (χ0n) is 14.9. The van der Waals surface area contributed by atoms with E-state index in [9.17, 15) is 22.8 Å². The van der Waals surface area contributed by atoms with Crippen molar-refractivity contribution in [3.8, 4) is 0 Å². The number of carbonyl (C=O) groups excluding carboxylic acids is 2. The van der Waals surface area contributed by atoms with E-state index in [1.807, 2.05) is 19.2 Å². The van der Waals surface area contributed by atoms with Gasteiger partial charge in [-0.1, -0.05) is 6.07 Å². The SMILES string of the molecule is Cc1cc2ccncc2cc1CN1CC[C@@H](C(N)=O)C1=O.O=C(O)C(F)(F)F. The van der Waals surface area contributed by atoms with Crippen molar-refractivity contribution in [2.45, 2.75) is 26.1 Å². The number of fused-ring (bicyclic) bond motifs is 1. The number of halogens is 3. The number of nitrogens with zero attached hydrogens (tertiary/aromatic N) is 2. The van der Waals surface area contributed by atoms with Gasteiger partial charge in [0.25, 0.3) is 0 Å². The van der Waals surface area contributed by atoms with E-state index in [0.29, 0.717) is 19.5 Å². The number of primary amides is 1. The second-order valence-electron chi connectivity index (χ2n) is 6.31. The topological polar surface area (TPSA) is 114 Å². The van der Waals surface area contributed by atoms with E-state index in [2.05, 4.69) is 17.1 Å². The van der Waals surface area contributed by atoms with Crippen molar-refractivity contribution in [1.29, 1.82) is 0 Å². The van der Waals surface area contributed by atoms with Crippen molar-refractivity contribution in [3.63, 3.8) is 0 Å². The summed E-state index contributed by atoms with van der Waals surface area (Å²) in [4.78, 5) is 38.1. The molecule has 1 atom stereocenters. The molecule has 0 saturated carbocycles. The Morgan fingerprint density at radius 3 is 2.50 bits per heavy atom. The molecule has 0 spiro atoms. The smallest absolute Gasteiger partial charge is 0.475 e. The van der Waals surface area contributed by atoms with Crippen LogP contribution in [0, 0.1) is 12.8 Å². The lowest BCUT2D eigenvalue weighted by molar-refractivity contribution is -0.192. The van der Waals surface area contributed by atoms with Crippen molar-refractivity contribution in [2.24, 2.45) is 11.7 Å². The molecular weight excluding hydrogens is 379 g/mol. The summed E-state index contributed by atoms with van der Waals surface area (Å²) >= 11 is 0. The number of rotatable bonds is 3. The third-order valence-corrected chi connectivity index (χ3v) is 4.34. The van der Waals surface area contributed by atoms with Gasteiger partial charge in [-0.2, -0.15) is 13.2 Å². The number of hydrogen-bond acceptors (Lipinski definition) is 4. The van der Waals surface area contributed by atoms with Crippen LogP contribution in [0.1, 0.15) is 17.5 Å². The third kappa shape index (κ3) is 4.96. The van der Waals surface area contributed by atoms with Crippen LogP contribution >= 0.6 is 0 Å². The molecule has 10 heteroatoms. The fraction of sp³-hybridized carbons (Fsp3) is 0.333. The monoisotopic (exact) mass is 397 g/mol. The van der Waals surface area contributed by atoms with Crippen LogP contribution in [-0.4, -0.2) is 45.5 Å². The number of carboxylic acids is 1. The summed E-state index contributed by atoms with van der Waals surface area (Å²) in [6, 6.07) is 6.12. The fourth-order valence-electron chi connectivity index (χ4n) is 2.83.